The van der Waals surface area contributed by atoms with Crippen molar-refractivity contribution in [1.29, 1.82) is 0 Å². The first kappa shape index (κ1) is 22.7. The van der Waals surface area contributed by atoms with Crippen LogP contribution in [0.15, 0.2) is 27.8 Å². The summed E-state index contributed by atoms with van der Waals surface area (Å²) in [7, 11) is -3.55. The van der Waals surface area contributed by atoms with E-state index in [4.69, 9.17) is 5.14 Å². The first-order valence-corrected chi connectivity index (χ1v) is 9.90. The number of aliphatic imine (C=N–C) groups is 1. The summed E-state index contributed by atoms with van der Waals surface area (Å²) in [4.78, 5) is 3.80. The number of rotatable bonds is 8. The van der Waals surface area contributed by atoms with Crippen LogP contribution in [0.5, 0.6) is 0 Å². The zero-order chi connectivity index (χ0) is 21.7. The van der Waals surface area contributed by atoms with Crippen molar-refractivity contribution in [3.63, 3.8) is 0 Å². The smallest absolute Gasteiger partial charge is 0.290 e. The van der Waals surface area contributed by atoms with Gasteiger partial charge in [0.1, 0.15) is 11.5 Å². The van der Waals surface area contributed by atoms with Crippen LogP contribution in [0.1, 0.15) is 36.2 Å². The number of nitrogens with zero attached hydrogens (tertiary/aromatic N) is 3. The first-order valence-electron chi connectivity index (χ1n) is 8.19. The minimum atomic E-state index is -4.92. The van der Waals surface area contributed by atoms with Gasteiger partial charge in [-0.3, -0.25) is 10.7 Å². The number of hydrogen-bond donors (Lipinski definition) is 3. The third-order valence-electron chi connectivity index (χ3n) is 3.73. The molecule has 0 saturated heterocycles. The standard InChI is InChI=1S/C15H17F4N5O4S/c16-11-6-5-9(8-10(11)15(17,18)19)21-14(22-25)13-12(23-28-24-13)4-2-1-3-7-29(20,26)27/h5-6,8,25H,1-4,7H2,(H,21,22)(H2,20,26,27). The number of aromatic nitrogens is 2. The molecule has 0 aliphatic heterocycles. The Labute approximate surface area is 162 Å². The Morgan fingerprint density at radius 2 is 1.97 bits per heavy atom. The van der Waals surface area contributed by atoms with Crippen LogP contribution in [-0.2, 0) is 22.6 Å². The van der Waals surface area contributed by atoms with E-state index >= 15 is 0 Å². The molecule has 0 amide bonds. The molecule has 0 unspecified atom stereocenters. The zero-order valence-electron chi connectivity index (χ0n) is 14.8. The number of primary sulfonamides is 1. The molecule has 4 N–H and O–H groups in total. The van der Waals surface area contributed by atoms with Gasteiger partial charge in [0, 0.05) is 0 Å². The molecule has 0 radical (unpaired) electrons. The van der Waals surface area contributed by atoms with Crippen LogP contribution in [-0.4, -0.2) is 35.5 Å². The second kappa shape index (κ2) is 9.28. The van der Waals surface area contributed by atoms with Crippen LogP contribution >= 0.6 is 0 Å². The predicted molar refractivity (Wildman–Crippen MR) is 92.3 cm³/mol. The SMILES string of the molecule is NS(=O)(=O)CCCCCc1nonc1C(=Nc1ccc(F)c(C(F)(F)F)c1)NO. The highest BCUT2D eigenvalue weighted by Crippen LogP contribution is 2.33. The van der Waals surface area contributed by atoms with Gasteiger partial charge in [-0.1, -0.05) is 11.6 Å². The van der Waals surface area contributed by atoms with E-state index in [0.717, 1.165) is 6.07 Å². The van der Waals surface area contributed by atoms with E-state index in [1.807, 2.05) is 0 Å². The van der Waals surface area contributed by atoms with Crippen LogP contribution in [0.3, 0.4) is 0 Å². The van der Waals surface area contributed by atoms with Gasteiger partial charge in [-0.2, -0.15) is 13.2 Å². The summed E-state index contributed by atoms with van der Waals surface area (Å²) < 4.78 is 78.2. The number of benzene rings is 1. The fourth-order valence-corrected chi connectivity index (χ4v) is 2.99. The van der Waals surface area contributed by atoms with E-state index in [9.17, 15) is 31.2 Å². The second-order valence-corrected chi connectivity index (χ2v) is 7.71. The lowest BCUT2D eigenvalue weighted by Gasteiger charge is -2.09. The monoisotopic (exact) mass is 439 g/mol. The van der Waals surface area contributed by atoms with E-state index in [1.165, 1.54) is 0 Å². The molecule has 2 rings (SSSR count). The minimum Gasteiger partial charge on any atom is -0.290 e. The van der Waals surface area contributed by atoms with Gasteiger partial charge < -0.3 is 0 Å². The molecule has 0 fully saturated rings. The Morgan fingerprint density at radius 3 is 2.59 bits per heavy atom. The average Bonchev–Trinajstić information content (AvgIpc) is 3.07. The van der Waals surface area contributed by atoms with E-state index in [2.05, 4.69) is 19.9 Å². The summed E-state index contributed by atoms with van der Waals surface area (Å²) in [6.45, 7) is 0. The van der Waals surface area contributed by atoms with Crippen molar-refractivity contribution in [2.24, 2.45) is 10.1 Å². The lowest BCUT2D eigenvalue weighted by molar-refractivity contribution is -0.139. The number of amidine groups is 1. The summed E-state index contributed by atoms with van der Waals surface area (Å²) in [6.07, 6.45) is -3.35. The number of hydrogen-bond acceptors (Lipinski definition) is 7. The Bertz CT molecular complexity index is 975. The number of halogens is 4. The van der Waals surface area contributed by atoms with Gasteiger partial charge in [0.25, 0.3) is 0 Å². The van der Waals surface area contributed by atoms with Crippen molar-refractivity contribution in [2.75, 3.05) is 5.75 Å². The molecule has 2 aromatic rings. The van der Waals surface area contributed by atoms with Gasteiger partial charge in [0.2, 0.25) is 10.0 Å². The lowest BCUT2D eigenvalue weighted by Crippen LogP contribution is -2.22. The number of alkyl halides is 3. The fourth-order valence-electron chi connectivity index (χ4n) is 2.38. The molecule has 29 heavy (non-hydrogen) atoms. The molecule has 14 heteroatoms. The Hall–Kier alpha value is -2.58. The third-order valence-corrected chi connectivity index (χ3v) is 4.58. The molecule has 1 heterocycles. The van der Waals surface area contributed by atoms with Gasteiger partial charge >= 0.3 is 6.18 Å². The molecule has 9 nitrogen and oxygen atoms in total. The molecule has 0 aliphatic carbocycles. The van der Waals surface area contributed by atoms with Crippen LogP contribution in [0.25, 0.3) is 0 Å². The summed E-state index contributed by atoms with van der Waals surface area (Å²) in [5.74, 6) is -1.99. The van der Waals surface area contributed by atoms with Gasteiger partial charge in [0.05, 0.1) is 17.0 Å². The van der Waals surface area contributed by atoms with Crippen molar-refractivity contribution in [3.05, 3.63) is 41.0 Å². The highest BCUT2D eigenvalue weighted by molar-refractivity contribution is 7.89. The van der Waals surface area contributed by atoms with Gasteiger partial charge in [-0.05, 0) is 42.6 Å². The van der Waals surface area contributed by atoms with Gasteiger partial charge in [-0.25, -0.2) is 27.6 Å². The van der Waals surface area contributed by atoms with E-state index < -0.39 is 27.6 Å². The molecule has 0 atom stereocenters. The quantitative estimate of drug-likeness (QED) is 0.188. The van der Waals surface area contributed by atoms with E-state index in [-0.39, 0.29) is 35.1 Å². The highest BCUT2D eigenvalue weighted by atomic mass is 32.2. The maximum absolute atomic E-state index is 13.4. The second-order valence-electron chi connectivity index (χ2n) is 5.97. The summed E-state index contributed by atoms with van der Waals surface area (Å²) in [5, 5.41) is 21.4. The molecular weight excluding hydrogens is 422 g/mol. The topological polar surface area (TPSA) is 144 Å². The summed E-state index contributed by atoms with van der Waals surface area (Å²) >= 11 is 0. The lowest BCUT2D eigenvalue weighted by atomic mass is 10.1. The van der Waals surface area contributed by atoms with Crippen molar-refractivity contribution < 1.29 is 35.8 Å². The highest BCUT2D eigenvalue weighted by Gasteiger charge is 2.34. The summed E-state index contributed by atoms with van der Waals surface area (Å²) in [5.41, 5.74) is 0.0771. The molecular formula is C15H17F4N5O4S. The maximum atomic E-state index is 13.4. The molecule has 160 valence electrons. The van der Waals surface area contributed by atoms with E-state index in [1.54, 1.807) is 5.48 Å². The molecule has 0 spiro atoms. The van der Waals surface area contributed by atoms with Crippen LogP contribution in [0.2, 0.25) is 0 Å². The predicted octanol–water partition coefficient (Wildman–Crippen LogP) is 2.29. The normalized spacial score (nSPS) is 13.0. The average molecular weight is 439 g/mol. The molecule has 1 aromatic carbocycles. The van der Waals surface area contributed by atoms with Gasteiger partial charge in [-0.15, -0.1) is 0 Å². The minimum absolute atomic E-state index is 0.0585. The largest absolute Gasteiger partial charge is 0.419 e. The third kappa shape index (κ3) is 6.76. The molecule has 0 aliphatic rings. The Kier molecular flexibility index (Phi) is 7.26. The van der Waals surface area contributed by atoms with Crippen LogP contribution in [0.4, 0.5) is 23.2 Å². The summed E-state index contributed by atoms with van der Waals surface area (Å²) in [6, 6.07) is 2.07. The van der Waals surface area contributed by atoms with Crippen molar-refractivity contribution in [1.82, 2.24) is 15.8 Å². The maximum Gasteiger partial charge on any atom is 0.419 e. The Balaban J connectivity index is 2.16. The fraction of sp³-hybridized carbons (Fsp3) is 0.400. The van der Waals surface area contributed by atoms with E-state index in [0.29, 0.717) is 31.4 Å². The van der Waals surface area contributed by atoms with Crippen molar-refractivity contribution in [2.45, 2.75) is 31.9 Å². The molecule has 0 saturated carbocycles. The van der Waals surface area contributed by atoms with Crippen molar-refractivity contribution in [3.8, 4) is 0 Å². The number of hydroxylamine groups is 1. The molecule has 0 bridgehead atoms. The zero-order valence-corrected chi connectivity index (χ0v) is 15.6. The molecule has 1 aromatic heterocycles. The first-order chi connectivity index (χ1) is 13.5. The van der Waals surface area contributed by atoms with Crippen LogP contribution in [0, 0.1) is 5.82 Å². The van der Waals surface area contributed by atoms with Gasteiger partial charge in [0.15, 0.2) is 11.5 Å². The number of nitrogens with one attached hydrogen (secondary N) is 1. The van der Waals surface area contributed by atoms with Crippen molar-refractivity contribution >= 4 is 21.5 Å². The Morgan fingerprint density at radius 1 is 1.24 bits per heavy atom. The number of nitrogens with two attached hydrogens (primary N) is 1. The number of sulfonamides is 1. The number of unbranched alkanes of at least 4 members (excludes halogenated alkanes) is 2. The number of aryl methyl sites for hydroxylation is 1. The van der Waals surface area contributed by atoms with Crippen LogP contribution < -0.4 is 10.6 Å².